The predicted octanol–water partition coefficient (Wildman–Crippen LogP) is 1.96. The summed E-state index contributed by atoms with van der Waals surface area (Å²) in [7, 11) is 0. The Morgan fingerprint density at radius 2 is 2.06 bits per heavy atom. The lowest BCUT2D eigenvalue weighted by molar-refractivity contribution is 0.428. The Bertz CT molecular complexity index is 815. The Morgan fingerprint density at radius 1 is 1.06 bits per heavy atom. The molecule has 0 aliphatic rings. The van der Waals surface area contributed by atoms with Crippen molar-refractivity contribution in [1.29, 1.82) is 0 Å². The molecule has 4 aromatic rings. The fraction of sp³-hybridized carbons (Fsp3) is 0. The van der Waals surface area contributed by atoms with Crippen molar-refractivity contribution in [2.24, 2.45) is 0 Å². The minimum atomic E-state index is 0.708. The van der Waals surface area contributed by atoms with Gasteiger partial charge in [0.05, 0.1) is 18.1 Å². The molecule has 6 nitrogen and oxygen atoms in total. The summed E-state index contributed by atoms with van der Waals surface area (Å²) in [4.78, 5) is 8.49. The van der Waals surface area contributed by atoms with Gasteiger partial charge in [-0.3, -0.25) is 4.98 Å². The average Bonchev–Trinajstić information content (AvgIpc) is 3.04. The first kappa shape index (κ1) is 9.29. The summed E-state index contributed by atoms with van der Waals surface area (Å²) < 4.78 is 6.60. The molecule has 0 saturated heterocycles. The van der Waals surface area contributed by atoms with Crippen molar-refractivity contribution in [2.75, 3.05) is 0 Å². The van der Waals surface area contributed by atoms with Crippen LogP contribution in [0.1, 0.15) is 0 Å². The van der Waals surface area contributed by atoms with Gasteiger partial charge in [-0.05, 0) is 18.2 Å². The molecule has 0 fully saturated rings. The van der Waals surface area contributed by atoms with Crippen LogP contribution in [0.15, 0.2) is 47.6 Å². The molecule has 0 atom stereocenters. The first-order chi connectivity index (χ1) is 8.90. The van der Waals surface area contributed by atoms with E-state index in [9.17, 15) is 0 Å². The van der Waals surface area contributed by atoms with Gasteiger partial charge in [-0.15, -0.1) is 0 Å². The highest BCUT2D eigenvalue weighted by atomic mass is 16.5. The molecule has 4 heterocycles. The minimum absolute atomic E-state index is 0.708. The Hall–Kier alpha value is -2.76. The number of rotatable bonds is 1. The molecule has 0 radical (unpaired) electrons. The van der Waals surface area contributed by atoms with E-state index >= 15 is 0 Å². The maximum atomic E-state index is 4.86. The standard InChI is InChI=1S/C12H7N5O/c1-2-9-11(13-3-1)6-17(15-9)8-4-10-12(14-5-8)7-18-16-10/h1-7H. The van der Waals surface area contributed by atoms with Gasteiger partial charge in [0, 0.05) is 6.20 Å². The number of hydrogen-bond acceptors (Lipinski definition) is 5. The second kappa shape index (κ2) is 3.36. The highest BCUT2D eigenvalue weighted by molar-refractivity contribution is 5.76. The van der Waals surface area contributed by atoms with Gasteiger partial charge in [-0.25, -0.2) is 9.67 Å². The lowest BCUT2D eigenvalue weighted by atomic mass is 10.3. The van der Waals surface area contributed by atoms with Crippen LogP contribution in [0.3, 0.4) is 0 Å². The van der Waals surface area contributed by atoms with Crippen molar-refractivity contribution < 1.29 is 4.52 Å². The highest BCUT2D eigenvalue weighted by Crippen LogP contribution is 2.16. The normalized spacial score (nSPS) is 11.3. The summed E-state index contributed by atoms with van der Waals surface area (Å²) in [6, 6.07) is 5.65. The van der Waals surface area contributed by atoms with Crippen LogP contribution in [0.2, 0.25) is 0 Å². The number of pyridine rings is 2. The second-order valence-electron chi connectivity index (χ2n) is 3.89. The van der Waals surface area contributed by atoms with Gasteiger partial charge in [0.2, 0.25) is 0 Å². The van der Waals surface area contributed by atoms with E-state index in [1.807, 2.05) is 24.4 Å². The van der Waals surface area contributed by atoms with Gasteiger partial charge in [-0.2, -0.15) is 5.10 Å². The van der Waals surface area contributed by atoms with Crippen molar-refractivity contribution in [3.8, 4) is 5.69 Å². The van der Waals surface area contributed by atoms with Crippen molar-refractivity contribution in [2.45, 2.75) is 0 Å². The Morgan fingerprint density at radius 3 is 3.00 bits per heavy atom. The molecule has 86 valence electrons. The van der Waals surface area contributed by atoms with Gasteiger partial charge in [0.1, 0.15) is 28.3 Å². The third kappa shape index (κ3) is 1.29. The molecule has 0 spiro atoms. The molecule has 4 rings (SSSR count). The number of hydrogen-bond donors (Lipinski definition) is 0. The first-order valence-electron chi connectivity index (χ1n) is 5.41. The predicted molar refractivity (Wildman–Crippen MR) is 64.2 cm³/mol. The molecular formula is C12H7N5O. The third-order valence-electron chi connectivity index (χ3n) is 2.74. The van der Waals surface area contributed by atoms with E-state index in [4.69, 9.17) is 4.52 Å². The van der Waals surface area contributed by atoms with Crippen LogP contribution in [-0.4, -0.2) is 24.9 Å². The Kier molecular flexibility index (Phi) is 1.74. The maximum Gasteiger partial charge on any atom is 0.150 e. The van der Waals surface area contributed by atoms with Crippen LogP contribution in [0.25, 0.3) is 27.8 Å². The van der Waals surface area contributed by atoms with Gasteiger partial charge >= 0.3 is 0 Å². The van der Waals surface area contributed by atoms with Crippen LogP contribution < -0.4 is 0 Å². The van der Waals surface area contributed by atoms with Gasteiger partial charge in [0.15, 0.2) is 0 Å². The minimum Gasteiger partial charge on any atom is -0.362 e. The smallest absolute Gasteiger partial charge is 0.150 e. The maximum absolute atomic E-state index is 4.86. The lowest BCUT2D eigenvalue weighted by Gasteiger charge is -1.98. The van der Waals surface area contributed by atoms with E-state index in [0.717, 1.165) is 22.2 Å². The average molecular weight is 237 g/mol. The summed E-state index contributed by atoms with van der Waals surface area (Å²) in [6.07, 6.45) is 6.84. The highest BCUT2D eigenvalue weighted by Gasteiger charge is 2.06. The molecule has 0 bridgehead atoms. The van der Waals surface area contributed by atoms with Crippen molar-refractivity contribution in [3.05, 3.63) is 43.1 Å². The van der Waals surface area contributed by atoms with E-state index in [-0.39, 0.29) is 0 Å². The van der Waals surface area contributed by atoms with Crippen LogP contribution in [0.4, 0.5) is 0 Å². The lowest BCUT2D eigenvalue weighted by Crippen LogP contribution is -1.94. The van der Waals surface area contributed by atoms with Gasteiger partial charge < -0.3 is 4.52 Å². The fourth-order valence-electron chi connectivity index (χ4n) is 1.86. The molecule has 4 aromatic heterocycles. The summed E-state index contributed by atoms with van der Waals surface area (Å²) in [6.45, 7) is 0. The Labute approximate surface area is 101 Å². The van der Waals surface area contributed by atoms with Crippen molar-refractivity contribution in [3.63, 3.8) is 0 Å². The monoisotopic (exact) mass is 237 g/mol. The molecule has 0 amide bonds. The molecule has 0 unspecified atom stereocenters. The zero-order chi connectivity index (χ0) is 11.9. The molecule has 0 aliphatic carbocycles. The molecule has 0 aromatic carbocycles. The van der Waals surface area contributed by atoms with E-state index in [1.165, 1.54) is 6.26 Å². The Balaban J connectivity index is 1.94. The summed E-state index contributed by atoms with van der Waals surface area (Å²) in [5.41, 5.74) is 3.96. The largest absolute Gasteiger partial charge is 0.362 e. The van der Waals surface area contributed by atoms with E-state index in [2.05, 4.69) is 20.2 Å². The number of nitrogens with zero attached hydrogens (tertiary/aromatic N) is 5. The van der Waals surface area contributed by atoms with E-state index in [0.29, 0.717) is 5.52 Å². The SMILES string of the molecule is c1cnc2cn(-c3cnc4conc4c3)nc2c1. The fourth-order valence-corrected chi connectivity index (χ4v) is 1.86. The van der Waals surface area contributed by atoms with Crippen LogP contribution in [0, 0.1) is 0 Å². The summed E-state index contributed by atoms with van der Waals surface area (Å²) in [5, 5.41) is 8.29. The second-order valence-corrected chi connectivity index (χ2v) is 3.89. The van der Waals surface area contributed by atoms with Crippen LogP contribution in [0.5, 0.6) is 0 Å². The summed E-state index contributed by atoms with van der Waals surface area (Å²) in [5.74, 6) is 0. The van der Waals surface area contributed by atoms with E-state index < -0.39 is 0 Å². The molecule has 0 N–H and O–H groups in total. The van der Waals surface area contributed by atoms with Crippen LogP contribution in [-0.2, 0) is 0 Å². The molecule has 6 heteroatoms. The number of fused-ring (bicyclic) bond motifs is 2. The molecular weight excluding hydrogens is 230 g/mol. The first-order valence-corrected chi connectivity index (χ1v) is 5.41. The number of aromatic nitrogens is 5. The van der Waals surface area contributed by atoms with Crippen LogP contribution >= 0.6 is 0 Å². The third-order valence-corrected chi connectivity index (χ3v) is 2.74. The molecule has 18 heavy (non-hydrogen) atoms. The topological polar surface area (TPSA) is 69.6 Å². The van der Waals surface area contributed by atoms with Crippen molar-refractivity contribution >= 4 is 22.1 Å². The summed E-state index contributed by atoms with van der Waals surface area (Å²) >= 11 is 0. The molecule has 0 saturated carbocycles. The van der Waals surface area contributed by atoms with Crippen molar-refractivity contribution in [1.82, 2.24) is 24.9 Å². The molecule has 0 aliphatic heterocycles. The zero-order valence-corrected chi connectivity index (χ0v) is 9.19. The van der Waals surface area contributed by atoms with Gasteiger partial charge in [-0.1, -0.05) is 5.16 Å². The van der Waals surface area contributed by atoms with E-state index in [1.54, 1.807) is 17.1 Å². The zero-order valence-electron chi connectivity index (χ0n) is 9.19. The quantitative estimate of drug-likeness (QED) is 0.506. The van der Waals surface area contributed by atoms with Gasteiger partial charge in [0.25, 0.3) is 0 Å².